The van der Waals surface area contributed by atoms with Crippen LogP contribution in [0.3, 0.4) is 0 Å². The molecule has 0 saturated heterocycles. The molecule has 0 unspecified atom stereocenters. The van der Waals surface area contributed by atoms with E-state index < -0.39 is 0 Å². The van der Waals surface area contributed by atoms with Gasteiger partial charge in [-0.3, -0.25) is 18.8 Å². The fourth-order valence-corrected chi connectivity index (χ4v) is 2.66. The summed E-state index contributed by atoms with van der Waals surface area (Å²) in [4.78, 5) is 30.8. The molecule has 0 aliphatic rings. The Morgan fingerprint density at radius 2 is 2.04 bits per heavy atom. The lowest BCUT2D eigenvalue weighted by atomic mass is 10.1. The molecule has 3 rings (SSSR count). The number of benzene rings is 1. The largest absolute Gasteiger partial charge is 0.314 e. The maximum absolute atomic E-state index is 12.6. The van der Waals surface area contributed by atoms with Gasteiger partial charge in [-0.05, 0) is 31.0 Å². The minimum absolute atomic E-state index is 0.0689. The number of carbonyl (C=O) groups excluding carboxylic acids is 1. The van der Waals surface area contributed by atoms with Crippen LogP contribution in [0.15, 0.2) is 35.5 Å². The molecule has 0 aliphatic carbocycles. The third-order valence-electron chi connectivity index (χ3n) is 4.34. The van der Waals surface area contributed by atoms with Crippen molar-refractivity contribution in [3.05, 3.63) is 52.2 Å². The van der Waals surface area contributed by atoms with Crippen LogP contribution < -0.4 is 10.5 Å². The lowest BCUT2D eigenvalue weighted by Crippen LogP contribution is -2.34. The number of carbonyl (C=O) groups is 1. The SMILES string of the molecule is Cc1cccc(N(C)C(=O)Cn2cnc3c(cnn3C)c2=O)c1C. The molecular weight excluding hydrogens is 306 g/mol. The topological polar surface area (TPSA) is 73.0 Å². The van der Waals surface area contributed by atoms with E-state index in [9.17, 15) is 9.59 Å². The van der Waals surface area contributed by atoms with Crippen molar-refractivity contribution in [1.29, 1.82) is 0 Å². The van der Waals surface area contributed by atoms with Gasteiger partial charge < -0.3 is 4.90 Å². The van der Waals surface area contributed by atoms with Crippen molar-refractivity contribution in [3.8, 4) is 0 Å². The molecule has 1 aromatic carbocycles. The van der Waals surface area contributed by atoms with Crippen LogP contribution in [-0.2, 0) is 18.4 Å². The van der Waals surface area contributed by atoms with E-state index in [1.807, 2.05) is 32.0 Å². The van der Waals surface area contributed by atoms with Crippen LogP contribution >= 0.6 is 0 Å². The van der Waals surface area contributed by atoms with Crippen molar-refractivity contribution >= 4 is 22.6 Å². The molecule has 2 aromatic heterocycles. The van der Waals surface area contributed by atoms with E-state index in [4.69, 9.17) is 0 Å². The molecule has 0 spiro atoms. The minimum atomic E-state index is -0.268. The Labute approximate surface area is 139 Å². The summed E-state index contributed by atoms with van der Waals surface area (Å²) >= 11 is 0. The van der Waals surface area contributed by atoms with Gasteiger partial charge in [-0.1, -0.05) is 12.1 Å². The molecule has 0 saturated carbocycles. The highest BCUT2D eigenvalue weighted by molar-refractivity contribution is 5.93. The van der Waals surface area contributed by atoms with Crippen LogP contribution in [0.25, 0.3) is 11.0 Å². The van der Waals surface area contributed by atoms with Gasteiger partial charge in [0.2, 0.25) is 5.91 Å². The molecule has 7 heteroatoms. The van der Waals surface area contributed by atoms with Gasteiger partial charge in [0.25, 0.3) is 5.56 Å². The molecule has 3 aromatic rings. The Kier molecular flexibility index (Phi) is 3.92. The van der Waals surface area contributed by atoms with Gasteiger partial charge in [0.15, 0.2) is 5.65 Å². The molecule has 0 bridgehead atoms. The summed E-state index contributed by atoms with van der Waals surface area (Å²) in [5, 5.41) is 4.43. The predicted molar refractivity (Wildman–Crippen MR) is 92.1 cm³/mol. The first kappa shape index (κ1) is 15.9. The van der Waals surface area contributed by atoms with Crippen LogP contribution in [0.1, 0.15) is 11.1 Å². The second-order valence-electron chi connectivity index (χ2n) is 5.85. The van der Waals surface area contributed by atoms with Crippen molar-refractivity contribution in [2.24, 2.45) is 7.05 Å². The van der Waals surface area contributed by atoms with E-state index in [2.05, 4.69) is 10.1 Å². The third-order valence-corrected chi connectivity index (χ3v) is 4.34. The Bertz CT molecular complexity index is 986. The zero-order valence-electron chi connectivity index (χ0n) is 14.1. The van der Waals surface area contributed by atoms with Crippen molar-refractivity contribution in [1.82, 2.24) is 19.3 Å². The summed E-state index contributed by atoms with van der Waals surface area (Å²) in [5.74, 6) is -0.184. The van der Waals surface area contributed by atoms with Crippen molar-refractivity contribution in [2.75, 3.05) is 11.9 Å². The number of hydrogen-bond acceptors (Lipinski definition) is 4. The average molecular weight is 325 g/mol. The summed E-state index contributed by atoms with van der Waals surface area (Å²) < 4.78 is 2.85. The summed E-state index contributed by atoms with van der Waals surface area (Å²) in [6.45, 7) is 3.91. The van der Waals surface area contributed by atoms with E-state index in [1.165, 1.54) is 21.8 Å². The number of amides is 1. The number of anilines is 1. The standard InChI is InChI=1S/C17H19N5O2/c1-11-6-5-7-14(12(11)2)20(3)15(23)9-22-10-18-16-13(17(22)24)8-19-21(16)4/h5-8,10H,9H2,1-4H3. The molecule has 7 nitrogen and oxygen atoms in total. The monoisotopic (exact) mass is 325 g/mol. The van der Waals surface area contributed by atoms with Gasteiger partial charge >= 0.3 is 0 Å². The number of aromatic nitrogens is 4. The van der Waals surface area contributed by atoms with E-state index in [1.54, 1.807) is 19.0 Å². The van der Waals surface area contributed by atoms with Crippen LogP contribution in [0.5, 0.6) is 0 Å². The van der Waals surface area contributed by atoms with Crippen LogP contribution in [0, 0.1) is 13.8 Å². The molecule has 0 aliphatic heterocycles. The highest BCUT2D eigenvalue weighted by Gasteiger charge is 2.16. The molecule has 0 N–H and O–H groups in total. The summed E-state index contributed by atoms with van der Waals surface area (Å²) in [5.41, 5.74) is 3.23. The lowest BCUT2D eigenvalue weighted by molar-refractivity contribution is -0.118. The first-order chi connectivity index (χ1) is 11.4. The van der Waals surface area contributed by atoms with Gasteiger partial charge in [0, 0.05) is 19.8 Å². The quantitative estimate of drug-likeness (QED) is 0.730. The van der Waals surface area contributed by atoms with Gasteiger partial charge in [-0.25, -0.2) is 4.98 Å². The van der Waals surface area contributed by atoms with E-state index in [0.29, 0.717) is 11.0 Å². The highest BCUT2D eigenvalue weighted by Crippen LogP contribution is 2.21. The molecule has 24 heavy (non-hydrogen) atoms. The number of nitrogens with zero attached hydrogens (tertiary/aromatic N) is 5. The molecule has 1 amide bonds. The zero-order chi connectivity index (χ0) is 17.4. The predicted octanol–water partition coefficient (Wildman–Crippen LogP) is 1.41. The summed E-state index contributed by atoms with van der Waals surface area (Å²) in [6, 6.07) is 5.81. The second kappa shape index (κ2) is 5.92. The molecule has 0 atom stereocenters. The summed E-state index contributed by atoms with van der Waals surface area (Å²) in [7, 11) is 3.43. The van der Waals surface area contributed by atoms with E-state index in [0.717, 1.165) is 16.8 Å². The first-order valence-electron chi connectivity index (χ1n) is 7.60. The number of hydrogen-bond donors (Lipinski definition) is 0. The van der Waals surface area contributed by atoms with Crippen molar-refractivity contribution < 1.29 is 4.79 Å². The molecule has 2 heterocycles. The smallest absolute Gasteiger partial charge is 0.264 e. The van der Waals surface area contributed by atoms with E-state index in [-0.39, 0.29) is 18.0 Å². The van der Waals surface area contributed by atoms with Crippen LogP contribution in [-0.4, -0.2) is 32.3 Å². The average Bonchev–Trinajstić information content (AvgIpc) is 2.94. The number of rotatable bonds is 3. The van der Waals surface area contributed by atoms with Crippen LogP contribution in [0.2, 0.25) is 0 Å². The number of likely N-dealkylation sites (N-methyl/N-ethyl adjacent to an activating group) is 1. The van der Waals surface area contributed by atoms with Gasteiger partial charge in [-0.15, -0.1) is 0 Å². The normalized spacial score (nSPS) is 11.0. The van der Waals surface area contributed by atoms with Gasteiger partial charge in [0.05, 0.1) is 6.20 Å². The lowest BCUT2D eigenvalue weighted by Gasteiger charge is -2.21. The van der Waals surface area contributed by atoms with Gasteiger partial charge in [0.1, 0.15) is 18.3 Å². The molecule has 0 radical (unpaired) electrons. The Morgan fingerprint density at radius 3 is 2.79 bits per heavy atom. The minimum Gasteiger partial charge on any atom is -0.314 e. The maximum Gasteiger partial charge on any atom is 0.264 e. The van der Waals surface area contributed by atoms with E-state index >= 15 is 0 Å². The fraction of sp³-hybridized carbons (Fsp3) is 0.294. The molecular formula is C17H19N5O2. The number of aryl methyl sites for hydroxylation is 2. The Hall–Kier alpha value is -2.96. The second-order valence-corrected chi connectivity index (χ2v) is 5.85. The Balaban J connectivity index is 1.91. The maximum atomic E-state index is 12.6. The molecule has 124 valence electrons. The highest BCUT2D eigenvalue weighted by atomic mass is 16.2. The van der Waals surface area contributed by atoms with Crippen molar-refractivity contribution in [3.63, 3.8) is 0 Å². The Morgan fingerprint density at radius 1 is 1.29 bits per heavy atom. The molecule has 0 fully saturated rings. The zero-order valence-corrected chi connectivity index (χ0v) is 14.1. The van der Waals surface area contributed by atoms with Crippen molar-refractivity contribution in [2.45, 2.75) is 20.4 Å². The first-order valence-corrected chi connectivity index (χ1v) is 7.60. The number of fused-ring (bicyclic) bond motifs is 1. The third kappa shape index (κ3) is 2.58. The van der Waals surface area contributed by atoms with Crippen LogP contribution in [0.4, 0.5) is 5.69 Å². The fourth-order valence-electron chi connectivity index (χ4n) is 2.66. The summed E-state index contributed by atoms with van der Waals surface area (Å²) in [6.07, 6.45) is 2.86. The van der Waals surface area contributed by atoms with Gasteiger partial charge in [-0.2, -0.15) is 5.10 Å².